The third kappa shape index (κ3) is 3.00. The molecule has 4 heterocycles. The summed E-state index contributed by atoms with van der Waals surface area (Å²) >= 11 is 0. The number of nitrogens with one attached hydrogen (secondary N) is 1. The SMILES string of the molecule is Cc1c(F)cc2nc3c(c4c2c1CC[C@@H]4NC(=O)CCO)Cn1c-3cc2c(c1=O)COC(=O)[C@@]2(C)O. The van der Waals surface area contributed by atoms with E-state index in [0.29, 0.717) is 35.3 Å². The van der Waals surface area contributed by atoms with E-state index in [1.54, 1.807) is 13.0 Å². The van der Waals surface area contributed by atoms with Crippen LogP contribution in [0.25, 0.3) is 22.3 Å². The number of halogens is 1. The molecule has 2 aromatic heterocycles. The van der Waals surface area contributed by atoms with Crippen LogP contribution in [0.5, 0.6) is 0 Å². The lowest BCUT2D eigenvalue weighted by Crippen LogP contribution is -2.42. The quantitative estimate of drug-likeness (QED) is 0.370. The van der Waals surface area contributed by atoms with Crippen molar-refractivity contribution in [2.75, 3.05) is 6.61 Å². The Hall–Kier alpha value is -3.63. The number of carbonyl (C=O) groups excluding carboxylic acids is 2. The molecule has 186 valence electrons. The van der Waals surface area contributed by atoms with Crippen molar-refractivity contribution in [2.24, 2.45) is 0 Å². The second-order valence-electron chi connectivity index (χ2n) is 9.80. The summed E-state index contributed by atoms with van der Waals surface area (Å²) in [7, 11) is 0. The maximum atomic E-state index is 14.9. The lowest BCUT2D eigenvalue weighted by atomic mass is 9.81. The van der Waals surface area contributed by atoms with Crippen LogP contribution in [0.2, 0.25) is 0 Å². The molecule has 1 amide bonds. The number of aromatic nitrogens is 2. The largest absolute Gasteiger partial charge is 0.458 e. The number of hydrogen-bond donors (Lipinski definition) is 3. The molecular formula is C26H24FN3O6. The van der Waals surface area contributed by atoms with Crippen LogP contribution in [-0.2, 0) is 39.5 Å². The first-order valence-corrected chi connectivity index (χ1v) is 11.8. The monoisotopic (exact) mass is 493 g/mol. The van der Waals surface area contributed by atoms with Crippen LogP contribution in [-0.4, -0.2) is 38.2 Å². The molecular weight excluding hydrogens is 469 g/mol. The predicted molar refractivity (Wildman–Crippen MR) is 126 cm³/mol. The van der Waals surface area contributed by atoms with Gasteiger partial charge in [0.05, 0.1) is 41.7 Å². The van der Waals surface area contributed by atoms with Crippen LogP contribution in [0.15, 0.2) is 16.9 Å². The van der Waals surface area contributed by atoms with E-state index in [0.717, 1.165) is 22.1 Å². The molecule has 3 aromatic rings. The smallest absolute Gasteiger partial charge is 0.342 e. The molecule has 1 aliphatic carbocycles. The van der Waals surface area contributed by atoms with Crippen LogP contribution in [0.1, 0.15) is 59.2 Å². The van der Waals surface area contributed by atoms with Crippen LogP contribution >= 0.6 is 0 Å². The maximum absolute atomic E-state index is 14.9. The van der Waals surface area contributed by atoms with E-state index in [-0.39, 0.29) is 49.0 Å². The number of pyridine rings is 2. The number of nitrogens with zero attached hydrogens (tertiary/aromatic N) is 2. The van der Waals surface area contributed by atoms with Crippen LogP contribution in [0.4, 0.5) is 4.39 Å². The molecule has 0 spiro atoms. The predicted octanol–water partition coefficient (Wildman–Crippen LogP) is 1.62. The molecule has 0 saturated carbocycles. The minimum Gasteiger partial charge on any atom is -0.458 e. The van der Waals surface area contributed by atoms with Crippen LogP contribution in [0.3, 0.4) is 0 Å². The zero-order valence-corrected chi connectivity index (χ0v) is 19.8. The van der Waals surface area contributed by atoms with Crippen molar-refractivity contribution in [1.82, 2.24) is 14.9 Å². The molecule has 36 heavy (non-hydrogen) atoms. The third-order valence-corrected chi connectivity index (χ3v) is 7.68. The first-order valence-electron chi connectivity index (χ1n) is 11.8. The number of fused-ring (bicyclic) bond motifs is 5. The Morgan fingerprint density at radius 3 is 2.83 bits per heavy atom. The minimum atomic E-state index is -1.99. The number of hydrogen-bond acceptors (Lipinski definition) is 7. The first kappa shape index (κ1) is 22.8. The van der Waals surface area contributed by atoms with Crippen molar-refractivity contribution >= 4 is 22.8 Å². The molecule has 3 N–H and O–H groups in total. The van der Waals surface area contributed by atoms with E-state index >= 15 is 0 Å². The molecule has 3 aliphatic rings. The van der Waals surface area contributed by atoms with Gasteiger partial charge in [-0.3, -0.25) is 9.59 Å². The second kappa shape index (κ2) is 7.68. The average Bonchev–Trinajstić information content (AvgIpc) is 3.20. The average molecular weight is 493 g/mol. The van der Waals surface area contributed by atoms with Gasteiger partial charge >= 0.3 is 5.97 Å². The van der Waals surface area contributed by atoms with E-state index in [1.165, 1.54) is 17.6 Å². The van der Waals surface area contributed by atoms with Gasteiger partial charge in [0.25, 0.3) is 5.56 Å². The van der Waals surface area contributed by atoms with Crippen molar-refractivity contribution in [3.8, 4) is 11.4 Å². The number of rotatable bonds is 3. The fourth-order valence-electron chi connectivity index (χ4n) is 5.82. The highest BCUT2D eigenvalue weighted by Crippen LogP contribution is 2.45. The van der Waals surface area contributed by atoms with Crippen LogP contribution < -0.4 is 10.9 Å². The number of ether oxygens (including phenoxy) is 1. The van der Waals surface area contributed by atoms with E-state index in [9.17, 15) is 29.0 Å². The number of carbonyl (C=O) groups is 2. The molecule has 1 aromatic carbocycles. The van der Waals surface area contributed by atoms with Crippen molar-refractivity contribution < 1.29 is 28.9 Å². The van der Waals surface area contributed by atoms with Gasteiger partial charge in [0, 0.05) is 29.0 Å². The summed E-state index contributed by atoms with van der Waals surface area (Å²) < 4.78 is 21.4. The van der Waals surface area contributed by atoms with E-state index < -0.39 is 23.2 Å². The topological polar surface area (TPSA) is 131 Å². The van der Waals surface area contributed by atoms with Gasteiger partial charge in [0.1, 0.15) is 12.4 Å². The van der Waals surface area contributed by atoms with Crippen molar-refractivity contribution in [1.29, 1.82) is 0 Å². The molecule has 9 nitrogen and oxygen atoms in total. The van der Waals surface area contributed by atoms with Crippen molar-refractivity contribution in [3.05, 3.63) is 61.7 Å². The third-order valence-electron chi connectivity index (χ3n) is 7.68. The molecule has 10 heteroatoms. The first-order chi connectivity index (χ1) is 17.1. The van der Waals surface area contributed by atoms with Gasteiger partial charge in [-0.25, -0.2) is 14.2 Å². The zero-order chi connectivity index (χ0) is 25.5. The summed E-state index contributed by atoms with van der Waals surface area (Å²) in [5.74, 6) is -1.53. The Balaban J connectivity index is 1.64. The fraction of sp³-hybridized carbons (Fsp3) is 0.385. The summed E-state index contributed by atoms with van der Waals surface area (Å²) in [6, 6.07) is 2.54. The second-order valence-corrected chi connectivity index (χ2v) is 9.80. The number of aliphatic hydroxyl groups excluding tert-OH is 1. The zero-order valence-electron chi connectivity index (χ0n) is 19.8. The Morgan fingerprint density at radius 2 is 2.08 bits per heavy atom. The molecule has 0 saturated heterocycles. The minimum absolute atomic E-state index is 0.0439. The summed E-state index contributed by atoms with van der Waals surface area (Å²) in [6.07, 6.45) is 1.03. The highest BCUT2D eigenvalue weighted by atomic mass is 19.1. The molecule has 0 radical (unpaired) electrons. The Labute approximate surface area is 204 Å². The van der Waals surface area contributed by atoms with Crippen molar-refractivity contribution in [2.45, 2.75) is 57.9 Å². The molecule has 2 atom stereocenters. The van der Waals surface area contributed by atoms with Crippen molar-refractivity contribution in [3.63, 3.8) is 0 Å². The van der Waals surface area contributed by atoms with Gasteiger partial charge in [-0.2, -0.15) is 0 Å². The normalized spacial score (nSPS) is 21.6. The summed E-state index contributed by atoms with van der Waals surface area (Å²) in [4.78, 5) is 42.9. The number of benzene rings is 1. The molecule has 2 aliphatic heterocycles. The summed E-state index contributed by atoms with van der Waals surface area (Å²) in [6.45, 7) is 2.66. The van der Waals surface area contributed by atoms with Gasteiger partial charge < -0.3 is 24.8 Å². The Bertz CT molecular complexity index is 1570. The van der Waals surface area contributed by atoms with Crippen LogP contribution in [0, 0.1) is 12.7 Å². The molecule has 6 rings (SSSR count). The summed E-state index contributed by atoms with van der Waals surface area (Å²) in [5.41, 5.74) is 2.12. The van der Waals surface area contributed by atoms with Gasteiger partial charge in [-0.05, 0) is 49.4 Å². The van der Waals surface area contributed by atoms with E-state index in [4.69, 9.17) is 9.72 Å². The standard InChI is InChI=1S/C26H24FN3O6/c1-11-12-3-4-17(28-20(32)5-6-31)22-13-9-30-19(23(13)29-18(21(12)22)8-16(11)27)7-15-14(24(30)33)10-36-25(34)26(15,2)35/h7-8,17,31,35H,3-6,9-10H2,1-2H3,(H,28,32)/t17-,26-/m0/s1. The van der Waals surface area contributed by atoms with Gasteiger partial charge in [0.15, 0.2) is 5.60 Å². The number of amides is 1. The van der Waals surface area contributed by atoms with Gasteiger partial charge in [-0.15, -0.1) is 0 Å². The highest BCUT2D eigenvalue weighted by Gasteiger charge is 2.43. The van der Waals surface area contributed by atoms with Gasteiger partial charge in [0.2, 0.25) is 5.91 Å². The number of esters is 1. The maximum Gasteiger partial charge on any atom is 0.342 e. The van der Waals surface area contributed by atoms with Gasteiger partial charge in [-0.1, -0.05) is 0 Å². The fourth-order valence-corrected chi connectivity index (χ4v) is 5.82. The van der Waals surface area contributed by atoms with E-state index in [1.807, 2.05) is 0 Å². The Morgan fingerprint density at radius 1 is 1.31 bits per heavy atom. The number of aryl methyl sites for hydroxylation is 1. The lowest BCUT2D eigenvalue weighted by molar-refractivity contribution is -0.169. The lowest BCUT2D eigenvalue weighted by Gasteiger charge is -2.29. The summed E-state index contributed by atoms with van der Waals surface area (Å²) in [5, 5.41) is 23.8. The highest BCUT2D eigenvalue weighted by molar-refractivity contribution is 5.94. The molecule has 0 unspecified atom stereocenters. The molecule has 0 fully saturated rings. The molecule has 0 bridgehead atoms. The number of cyclic esters (lactones) is 1. The van der Waals surface area contributed by atoms with E-state index in [2.05, 4.69) is 5.32 Å². The Kier molecular flexibility index (Phi) is 4.87. The number of aliphatic hydroxyl groups is 2.